The molecule has 0 fully saturated rings. The molecule has 0 N–H and O–H groups in total. The average molecular weight is 387 g/mol. The van der Waals surface area contributed by atoms with Crippen LogP contribution in [0.4, 0.5) is 4.39 Å². The number of carbonyl (C=O) groups excluding carboxylic acids is 1. The number of alkyl halides is 2. The van der Waals surface area contributed by atoms with Crippen molar-refractivity contribution in [1.82, 2.24) is 0 Å². The van der Waals surface area contributed by atoms with Crippen LogP contribution in [0.15, 0.2) is 67.3 Å². The largest absolute Gasteiger partial charge is 0.457 e. The van der Waals surface area contributed by atoms with Gasteiger partial charge in [0.2, 0.25) is 0 Å². The molecule has 2 nitrogen and oxygen atoms in total. The standard InChI is InChI=1S/C16H17BrO2.CH3FS/c1-4-9-13(5-2)12(3)19-16(18)15(17)14-10-7-6-8-11-14;2-1-3/h4-12,15H,1-2H2,3H3;3H,1H2/b13-9+;. The molecule has 1 aromatic carbocycles. The number of hydrogen-bond donors (Lipinski definition) is 1. The maximum atomic E-state index is 12.0. The zero-order valence-electron chi connectivity index (χ0n) is 12.4. The first-order chi connectivity index (χ1) is 10.5. The molecule has 0 amide bonds. The lowest BCUT2D eigenvalue weighted by molar-refractivity contribution is -0.145. The van der Waals surface area contributed by atoms with Gasteiger partial charge in [-0.3, -0.25) is 4.79 Å². The number of rotatable bonds is 6. The van der Waals surface area contributed by atoms with Crippen LogP contribution in [0.25, 0.3) is 0 Å². The van der Waals surface area contributed by atoms with Crippen molar-refractivity contribution in [3.63, 3.8) is 0 Å². The fourth-order valence-electron chi connectivity index (χ4n) is 1.57. The molecule has 2 atom stereocenters. The molecule has 0 aliphatic rings. The number of allylic oxidation sites excluding steroid dienone is 2. The fourth-order valence-corrected chi connectivity index (χ4v) is 1.98. The molecule has 1 aromatic rings. The number of thiol groups is 1. The van der Waals surface area contributed by atoms with Gasteiger partial charge >= 0.3 is 5.97 Å². The minimum Gasteiger partial charge on any atom is -0.457 e. The maximum Gasteiger partial charge on any atom is 0.324 e. The third kappa shape index (κ3) is 7.61. The molecule has 120 valence electrons. The molecular formula is C17H20BrFO2S. The Kier molecular flexibility index (Phi) is 11.5. The van der Waals surface area contributed by atoms with Gasteiger partial charge in [0.15, 0.2) is 0 Å². The lowest BCUT2D eigenvalue weighted by Crippen LogP contribution is -2.19. The lowest BCUT2D eigenvalue weighted by Gasteiger charge is -2.17. The number of hydrogen-bond acceptors (Lipinski definition) is 3. The van der Waals surface area contributed by atoms with E-state index in [2.05, 4.69) is 41.7 Å². The summed E-state index contributed by atoms with van der Waals surface area (Å²) in [6.45, 7) is 9.12. The summed E-state index contributed by atoms with van der Waals surface area (Å²) in [5.74, 6) is -0.324. The van der Waals surface area contributed by atoms with E-state index in [1.807, 2.05) is 30.3 Å². The Labute approximate surface area is 145 Å². The second-order valence-electron chi connectivity index (χ2n) is 4.08. The van der Waals surface area contributed by atoms with Gasteiger partial charge in [-0.05, 0) is 18.1 Å². The van der Waals surface area contributed by atoms with E-state index in [9.17, 15) is 9.18 Å². The molecule has 0 aliphatic heterocycles. The SMILES string of the molecule is C=C/C=C(\C=C)C(C)OC(=O)C(Br)c1ccccc1.FCS. The van der Waals surface area contributed by atoms with Crippen LogP contribution in [0.3, 0.4) is 0 Å². The molecule has 1 rings (SSSR count). The quantitative estimate of drug-likeness (QED) is 0.315. The first-order valence-corrected chi connectivity index (χ1v) is 8.08. The monoisotopic (exact) mass is 386 g/mol. The van der Waals surface area contributed by atoms with E-state index in [4.69, 9.17) is 4.74 Å². The third-order valence-electron chi connectivity index (χ3n) is 2.61. The Bertz CT molecular complexity index is 503. The summed E-state index contributed by atoms with van der Waals surface area (Å²) in [7, 11) is 0. The molecule has 0 aromatic heterocycles. The van der Waals surface area contributed by atoms with Gasteiger partial charge in [0.25, 0.3) is 0 Å². The Morgan fingerprint density at radius 3 is 2.41 bits per heavy atom. The smallest absolute Gasteiger partial charge is 0.324 e. The van der Waals surface area contributed by atoms with Crippen LogP contribution < -0.4 is 0 Å². The van der Waals surface area contributed by atoms with Crippen LogP contribution in [0, 0.1) is 0 Å². The van der Waals surface area contributed by atoms with Crippen molar-refractivity contribution in [1.29, 1.82) is 0 Å². The second-order valence-corrected chi connectivity index (χ2v) is 5.23. The molecular weight excluding hydrogens is 367 g/mol. The van der Waals surface area contributed by atoms with Crippen LogP contribution in [-0.4, -0.2) is 18.1 Å². The summed E-state index contributed by atoms with van der Waals surface area (Å²) < 4.78 is 15.6. The van der Waals surface area contributed by atoms with Gasteiger partial charge in [-0.2, -0.15) is 0 Å². The Hall–Kier alpha value is -1.33. The molecule has 0 radical (unpaired) electrons. The molecule has 0 bridgehead atoms. The first-order valence-electron chi connectivity index (χ1n) is 6.53. The summed E-state index contributed by atoms with van der Waals surface area (Å²) in [5.41, 5.74) is 1.68. The summed E-state index contributed by atoms with van der Waals surface area (Å²) >= 11 is 6.47. The molecule has 0 spiro atoms. The molecule has 5 heteroatoms. The summed E-state index contributed by atoms with van der Waals surface area (Å²) in [6.07, 6.45) is 4.72. The zero-order valence-corrected chi connectivity index (χ0v) is 14.9. The topological polar surface area (TPSA) is 26.3 Å². The highest BCUT2D eigenvalue weighted by molar-refractivity contribution is 9.09. The molecule has 2 unspecified atom stereocenters. The molecule has 0 saturated heterocycles. The second kappa shape index (κ2) is 12.2. The molecule has 22 heavy (non-hydrogen) atoms. The molecule has 0 heterocycles. The van der Waals surface area contributed by atoms with Crippen molar-refractivity contribution in [3.05, 3.63) is 72.9 Å². The first kappa shape index (κ1) is 20.7. The number of carbonyl (C=O) groups is 1. The van der Waals surface area contributed by atoms with Gasteiger partial charge < -0.3 is 4.74 Å². The number of benzene rings is 1. The summed E-state index contributed by atoms with van der Waals surface area (Å²) in [5, 5.41) is 0. The number of ether oxygens (including phenoxy) is 1. The highest BCUT2D eigenvalue weighted by Crippen LogP contribution is 2.25. The van der Waals surface area contributed by atoms with Crippen molar-refractivity contribution in [2.24, 2.45) is 0 Å². The van der Waals surface area contributed by atoms with Gasteiger partial charge in [0.05, 0.1) is 0 Å². The van der Waals surface area contributed by atoms with Crippen LogP contribution >= 0.6 is 28.6 Å². The van der Waals surface area contributed by atoms with Crippen LogP contribution in [-0.2, 0) is 9.53 Å². The van der Waals surface area contributed by atoms with E-state index in [1.54, 1.807) is 25.2 Å². The van der Waals surface area contributed by atoms with Gasteiger partial charge in [-0.1, -0.05) is 77.6 Å². The predicted octanol–water partition coefficient (Wildman–Crippen LogP) is 5.20. The van der Waals surface area contributed by atoms with Crippen molar-refractivity contribution >= 4 is 34.5 Å². The third-order valence-corrected chi connectivity index (χ3v) is 3.51. The van der Waals surface area contributed by atoms with Crippen molar-refractivity contribution < 1.29 is 13.9 Å². The van der Waals surface area contributed by atoms with E-state index in [1.165, 1.54) is 0 Å². The van der Waals surface area contributed by atoms with Gasteiger partial charge in [-0.15, -0.1) is 12.6 Å². The minimum absolute atomic E-state index is 0.324. The lowest BCUT2D eigenvalue weighted by atomic mass is 10.1. The normalized spacial score (nSPS) is 13.2. The van der Waals surface area contributed by atoms with E-state index in [0.29, 0.717) is 0 Å². The minimum atomic E-state index is -0.556. The van der Waals surface area contributed by atoms with Crippen molar-refractivity contribution in [3.8, 4) is 0 Å². The van der Waals surface area contributed by atoms with E-state index >= 15 is 0 Å². The van der Waals surface area contributed by atoms with Crippen LogP contribution in [0.1, 0.15) is 17.3 Å². The summed E-state index contributed by atoms with van der Waals surface area (Å²) in [4.78, 5) is 11.6. The van der Waals surface area contributed by atoms with Gasteiger partial charge in [0.1, 0.15) is 16.9 Å². The zero-order chi connectivity index (χ0) is 17.0. The highest BCUT2D eigenvalue weighted by atomic mass is 79.9. The van der Waals surface area contributed by atoms with Crippen molar-refractivity contribution in [2.75, 3.05) is 6.01 Å². The average Bonchev–Trinajstić information content (AvgIpc) is 2.53. The number of esters is 1. The van der Waals surface area contributed by atoms with E-state index < -0.39 is 10.8 Å². The van der Waals surface area contributed by atoms with E-state index in [0.717, 1.165) is 11.1 Å². The van der Waals surface area contributed by atoms with Crippen LogP contribution in [0.5, 0.6) is 0 Å². The fraction of sp³-hybridized carbons (Fsp3) is 0.235. The number of halogens is 2. The summed E-state index contributed by atoms with van der Waals surface area (Å²) in [6, 6.07) is 8.86. The molecule has 0 saturated carbocycles. The molecule has 0 aliphatic carbocycles. The van der Waals surface area contributed by atoms with E-state index in [-0.39, 0.29) is 12.1 Å². The predicted molar refractivity (Wildman–Crippen MR) is 97.1 cm³/mol. The highest BCUT2D eigenvalue weighted by Gasteiger charge is 2.21. The van der Waals surface area contributed by atoms with Crippen molar-refractivity contribution in [2.45, 2.75) is 17.9 Å². The Morgan fingerprint density at radius 1 is 1.41 bits per heavy atom. The maximum absolute atomic E-state index is 12.0. The van der Waals surface area contributed by atoms with Crippen LogP contribution in [0.2, 0.25) is 0 Å². The van der Waals surface area contributed by atoms with Gasteiger partial charge in [-0.25, -0.2) is 4.39 Å². The Morgan fingerprint density at radius 2 is 1.95 bits per heavy atom. The Balaban J connectivity index is 0.00000135. The van der Waals surface area contributed by atoms with Gasteiger partial charge in [0, 0.05) is 0 Å².